The van der Waals surface area contributed by atoms with Gasteiger partial charge in [0.1, 0.15) is 0 Å². The number of hydrogen-bond acceptors (Lipinski definition) is 2. The molecule has 1 aromatic carbocycles. The second-order valence-corrected chi connectivity index (χ2v) is 3.52. The van der Waals surface area contributed by atoms with Crippen molar-refractivity contribution < 1.29 is 4.92 Å². The minimum absolute atomic E-state index is 0.127. The van der Waals surface area contributed by atoms with Gasteiger partial charge in [0.15, 0.2) is 0 Å². The Morgan fingerprint density at radius 3 is 2.50 bits per heavy atom. The molecule has 0 unspecified atom stereocenters. The van der Waals surface area contributed by atoms with Crippen LogP contribution in [0.15, 0.2) is 30.3 Å². The summed E-state index contributed by atoms with van der Waals surface area (Å²) in [5.41, 5.74) is 1.11. The number of benzene rings is 1. The fourth-order valence-electron chi connectivity index (χ4n) is 0.990. The van der Waals surface area contributed by atoms with E-state index >= 15 is 0 Å². The standard InChI is InChI=1S/C10H10BrNO2/c11-8-2-1-3-9-4-6-10(7-5-9)12(13)14/h1,3-7H,2,8H2. The van der Waals surface area contributed by atoms with Crippen LogP contribution in [0.2, 0.25) is 0 Å². The molecule has 1 rings (SSSR count). The summed E-state index contributed by atoms with van der Waals surface area (Å²) in [7, 11) is 0. The van der Waals surface area contributed by atoms with Crippen molar-refractivity contribution in [3.05, 3.63) is 46.0 Å². The molecule has 0 heterocycles. The van der Waals surface area contributed by atoms with Gasteiger partial charge in [-0.3, -0.25) is 10.1 Å². The van der Waals surface area contributed by atoms with E-state index in [9.17, 15) is 10.1 Å². The SMILES string of the molecule is O=[N+]([O-])c1ccc(C=CCCBr)cc1. The normalized spacial score (nSPS) is 10.6. The minimum Gasteiger partial charge on any atom is -0.258 e. The average Bonchev–Trinajstić information content (AvgIpc) is 2.19. The second kappa shape index (κ2) is 5.54. The molecule has 0 radical (unpaired) electrons. The number of alkyl halides is 1. The molecule has 0 spiro atoms. The second-order valence-electron chi connectivity index (χ2n) is 2.73. The maximum atomic E-state index is 10.4. The topological polar surface area (TPSA) is 43.1 Å². The lowest BCUT2D eigenvalue weighted by Gasteiger charge is -1.93. The molecule has 0 aromatic heterocycles. The molecule has 74 valence electrons. The summed E-state index contributed by atoms with van der Waals surface area (Å²) < 4.78 is 0. The zero-order valence-corrected chi connectivity index (χ0v) is 9.11. The number of nitro groups is 1. The number of nitro benzene ring substituents is 1. The Morgan fingerprint density at radius 1 is 1.36 bits per heavy atom. The van der Waals surface area contributed by atoms with E-state index in [1.807, 2.05) is 12.2 Å². The first kappa shape index (κ1) is 10.9. The highest BCUT2D eigenvalue weighted by Crippen LogP contribution is 2.12. The highest BCUT2D eigenvalue weighted by atomic mass is 79.9. The van der Waals surface area contributed by atoms with Crippen molar-refractivity contribution in [2.75, 3.05) is 5.33 Å². The maximum Gasteiger partial charge on any atom is 0.269 e. The summed E-state index contributed by atoms with van der Waals surface area (Å²) in [5.74, 6) is 0. The van der Waals surface area contributed by atoms with E-state index in [1.165, 1.54) is 12.1 Å². The average molecular weight is 256 g/mol. The van der Waals surface area contributed by atoms with Gasteiger partial charge in [-0.05, 0) is 24.1 Å². The van der Waals surface area contributed by atoms with Crippen LogP contribution in [0.4, 0.5) is 5.69 Å². The molecule has 0 atom stereocenters. The van der Waals surface area contributed by atoms with Gasteiger partial charge in [-0.15, -0.1) is 0 Å². The fourth-order valence-corrected chi connectivity index (χ4v) is 1.25. The van der Waals surface area contributed by atoms with Crippen LogP contribution in [0.5, 0.6) is 0 Å². The number of non-ortho nitro benzene ring substituents is 1. The number of rotatable bonds is 4. The third kappa shape index (κ3) is 3.30. The van der Waals surface area contributed by atoms with Gasteiger partial charge in [0.05, 0.1) is 4.92 Å². The van der Waals surface area contributed by atoms with E-state index < -0.39 is 4.92 Å². The van der Waals surface area contributed by atoms with Crippen LogP contribution in [0.1, 0.15) is 12.0 Å². The predicted molar refractivity (Wildman–Crippen MR) is 60.5 cm³/mol. The smallest absolute Gasteiger partial charge is 0.258 e. The van der Waals surface area contributed by atoms with E-state index in [-0.39, 0.29) is 5.69 Å². The molecular formula is C10H10BrNO2. The van der Waals surface area contributed by atoms with Crippen LogP contribution in [0.3, 0.4) is 0 Å². The van der Waals surface area contributed by atoms with E-state index in [4.69, 9.17) is 0 Å². The number of halogens is 1. The molecule has 0 aliphatic rings. The quantitative estimate of drug-likeness (QED) is 0.470. The number of hydrogen-bond donors (Lipinski definition) is 0. The Kier molecular flexibility index (Phi) is 4.32. The van der Waals surface area contributed by atoms with Crippen molar-refractivity contribution in [2.45, 2.75) is 6.42 Å². The Hall–Kier alpha value is -1.16. The van der Waals surface area contributed by atoms with E-state index in [0.29, 0.717) is 0 Å². The monoisotopic (exact) mass is 255 g/mol. The molecule has 1 aromatic rings. The Balaban J connectivity index is 2.68. The molecular weight excluding hydrogens is 246 g/mol. The first-order valence-corrected chi connectivity index (χ1v) is 5.33. The van der Waals surface area contributed by atoms with Crippen molar-refractivity contribution in [2.24, 2.45) is 0 Å². The van der Waals surface area contributed by atoms with Gasteiger partial charge in [-0.2, -0.15) is 0 Å². The van der Waals surface area contributed by atoms with Gasteiger partial charge in [0, 0.05) is 17.5 Å². The molecule has 0 fully saturated rings. The van der Waals surface area contributed by atoms with Crippen molar-refractivity contribution in [1.29, 1.82) is 0 Å². The molecule has 14 heavy (non-hydrogen) atoms. The van der Waals surface area contributed by atoms with Crippen LogP contribution in [-0.4, -0.2) is 10.3 Å². The highest BCUT2D eigenvalue weighted by molar-refractivity contribution is 9.09. The lowest BCUT2D eigenvalue weighted by Crippen LogP contribution is -1.86. The first-order valence-electron chi connectivity index (χ1n) is 4.21. The molecule has 4 heteroatoms. The third-order valence-electron chi connectivity index (χ3n) is 1.69. The van der Waals surface area contributed by atoms with Crippen molar-refractivity contribution in [3.8, 4) is 0 Å². The van der Waals surface area contributed by atoms with Gasteiger partial charge >= 0.3 is 0 Å². The van der Waals surface area contributed by atoms with Crippen LogP contribution < -0.4 is 0 Å². The zero-order chi connectivity index (χ0) is 10.4. The van der Waals surface area contributed by atoms with E-state index in [1.54, 1.807) is 12.1 Å². The lowest BCUT2D eigenvalue weighted by molar-refractivity contribution is -0.384. The number of allylic oxidation sites excluding steroid dienone is 1. The maximum absolute atomic E-state index is 10.4. The molecule has 0 saturated heterocycles. The van der Waals surface area contributed by atoms with Crippen LogP contribution >= 0.6 is 15.9 Å². The zero-order valence-electron chi connectivity index (χ0n) is 7.52. The summed E-state index contributed by atoms with van der Waals surface area (Å²) >= 11 is 3.31. The Labute approximate surface area is 90.7 Å². The van der Waals surface area contributed by atoms with Crippen LogP contribution in [0.25, 0.3) is 6.08 Å². The summed E-state index contributed by atoms with van der Waals surface area (Å²) in [4.78, 5) is 9.96. The molecule has 0 bridgehead atoms. The van der Waals surface area contributed by atoms with Gasteiger partial charge in [-0.25, -0.2) is 0 Å². The molecule has 3 nitrogen and oxygen atoms in total. The number of nitrogens with zero attached hydrogens (tertiary/aromatic N) is 1. The van der Waals surface area contributed by atoms with Crippen molar-refractivity contribution in [3.63, 3.8) is 0 Å². The van der Waals surface area contributed by atoms with E-state index in [2.05, 4.69) is 15.9 Å². The van der Waals surface area contributed by atoms with E-state index in [0.717, 1.165) is 17.3 Å². The Morgan fingerprint density at radius 2 is 2.00 bits per heavy atom. The van der Waals surface area contributed by atoms with Gasteiger partial charge in [-0.1, -0.05) is 28.1 Å². The predicted octanol–water partition coefficient (Wildman–Crippen LogP) is 3.39. The lowest BCUT2D eigenvalue weighted by atomic mass is 10.2. The minimum atomic E-state index is -0.397. The molecule has 0 aliphatic heterocycles. The van der Waals surface area contributed by atoms with Crippen molar-refractivity contribution >= 4 is 27.7 Å². The van der Waals surface area contributed by atoms with Crippen LogP contribution in [0, 0.1) is 10.1 Å². The molecule has 0 aliphatic carbocycles. The summed E-state index contributed by atoms with van der Waals surface area (Å²) in [6.07, 6.45) is 4.93. The van der Waals surface area contributed by atoms with Crippen molar-refractivity contribution in [1.82, 2.24) is 0 Å². The van der Waals surface area contributed by atoms with Gasteiger partial charge < -0.3 is 0 Å². The fraction of sp³-hybridized carbons (Fsp3) is 0.200. The highest BCUT2D eigenvalue weighted by Gasteiger charge is 2.01. The third-order valence-corrected chi connectivity index (χ3v) is 2.15. The van der Waals surface area contributed by atoms with Gasteiger partial charge in [0.25, 0.3) is 5.69 Å². The summed E-state index contributed by atoms with van der Waals surface area (Å²) in [6.45, 7) is 0. The van der Waals surface area contributed by atoms with Gasteiger partial charge in [0.2, 0.25) is 0 Å². The molecule has 0 amide bonds. The Bertz CT molecular complexity index is 332. The van der Waals surface area contributed by atoms with Crippen LogP contribution in [-0.2, 0) is 0 Å². The molecule has 0 saturated carbocycles. The first-order chi connectivity index (χ1) is 6.74. The molecule has 0 N–H and O–H groups in total. The summed E-state index contributed by atoms with van der Waals surface area (Å²) in [6, 6.07) is 6.49. The summed E-state index contributed by atoms with van der Waals surface area (Å²) in [5, 5.41) is 11.3. The largest absolute Gasteiger partial charge is 0.269 e.